The molecule has 27 heavy (non-hydrogen) atoms. The number of nitrogens with zero attached hydrogens (tertiary/aromatic N) is 2. The molecule has 2 heterocycles. The lowest BCUT2D eigenvalue weighted by molar-refractivity contribution is 0.0174. The third kappa shape index (κ3) is 4.16. The highest BCUT2D eigenvalue weighted by Crippen LogP contribution is 2.24. The van der Waals surface area contributed by atoms with Crippen molar-refractivity contribution in [2.75, 3.05) is 26.2 Å². The summed E-state index contributed by atoms with van der Waals surface area (Å²) in [6, 6.07) is 16.3. The first kappa shape index (κ1) is 18.1. The van der Waals surface area contributed by atoms with Gasteiger partial charge in [-0.05, 0) is 61.7 Å². The van der Waals surface area contributed by atoms with E-state index >= 15 is 0 Å². The van der Waals surface area contributed by atoms with Gasteiger partial charge in [0.15, 0.2) is 0 Å². The SMILES string of the molecule is CCc1ccccc1OC1CN(C(=O)c2ccc(CN3CCCC3)cc2)C1. The zero-order valence-electron chi connectivity index (χ0n) is 16.1. The van der Waals surface area contributed by atoms with Gasteiger partial charge in [0.05, 0.1) is 13.1 Å². The molecule has 2 aromatic carbocycles. The summed E-state index contributed by atoms with van der Waals surface area (Å²) in [7, 11) is 0. The minimum atomic E-state index is 0.0936. The van der Waals surface area contributed by atoms with E-state index in [1.165, 1.54) is 37.1 Å². The van der Waals surface area contributed by atoms with Crippen LogP contribution in [0.15, 0.2) is 48.5 Å². The van der Waals surface area contributed by atoms with Gasteiger partial charge in [-0.3, -0.25) is 9.69 Å². The van der Waals surface area contributed by atoms with Crippen molar-refractivity contribution in [3.63, 3.8) is 0 Å². The van der Waals surface area contributed by atoms with E-state index in [4.69, 9.17) is 4.74 Å². The van der Waals surface area contributed by atoms with Crippen molar-refractivity contribution >= 4 is 5.91 Å². The summed E-state index contributed by atoms with van der Waals surface area (Å²) in [6.45, 7) is 6.82. The summed E-state index contributed by atoms with van der Waals surface area (Å²) in [5.41, 5.74) is 3.28. The van der Waals surface area contributed by atoms with Gasteiger partial charge in [-0.15, -0.1) is 0 Å². The standard InChI is InChI=1S/C23H28N2O2/c1-2-19-7-3-4-8-22(19)27-21-16-25(17-21)23(26)20-11-9-18(10-12-20)15-24-13-5-6-14-24/h3-4,7-12,21H,2,5-6,13-17H2,1H3. The summed E-state index contributed by atoms with van der Waals surface area (Å²) in [5, 5.41) is 0. The Morgan fingerprint density at radius 2 is 1.74 bits per heavy atom. The van der Waals surface area contributed by atoms with Gasteiger partial charge in [-0.2, -0.15) is 0 Å². The van der Waals surface area contributed by atoms with E-state index in [2.05, 4.69) is 30.0 Å². The fourth-order valence-electron chi connectivity index (χ4n) is 3.90. The predicted octanol–water partition coefficient (Wildman–Crippen LogP) is 3.75. The average Bonchev–Trinajstić information content (AvgIpc) is 3.18. The molecule has 2 saturated heterocycles. The van der Waals surface area contributed by atoms with E-state index in [0.717, 1.165) is 24.3 Å². The molecule has 0 spiro atoms. The van der Waals surface area contributed by atoms with Crippen LogP contribution in [0.25, 0.3) is 0 Å². The molecule has 2 aliphatic rings. The Labute approximate surface area is 161 Å². The molecule has 0 atom stereocenters. The number of aryl methyl sites for hydroxylation is 1. The molecule has 0 aliphatic carbocycles. The summed E-state index contributed by atoms with van der Waals surface area (Å²) < 4.78 is 6.08. The second kappa shape index (κ2) is 8.13. The fraction of sp³-hybridized carbons (Fsp3) is 0.435. The van der Waals surface area contributed by atoms with Gasteiger partial charge in [0.1, 0.15) is 11.9 Å². The van der Waals surface area contributed by atoms with Crippen LogP contribution in [0.1, 0.15) is 41.3 Å². The molecule has 2 aromatic rings. The van der Waals surface area contributed by atoms with Crippen LogP contribution in [0.5, 0.6) is 5.75 Å². The van der Waals surface area contributed by atoms with Gasteiger partial charge in [-0.1, -0.05) is 37.3 Å². The van der Waals surface area contributed by atoms with Crippen LogP contribution in [0.4, 0.5) is 0 Å². The molecule has 2 aliphatic heterocycles. The number of benzene rings is 2. The molecular formula is C23H28N2O2. The highest BCUT2D eigenvalue weighted by atomic mass is 16.5. The van der Waals surface area contributed by atoms with Crippen molar-refractivity contribution in [3.8, 4) is 5.75 Å². The number of ether oxygens (including phenoxy) is 1. The summed E-state index contributed by atoms with van der Waals surface area (Å²) >= 11 is 0. The smallest absolute Gasteiger partial charge is 0.254 e. The lowest BCUT2D eigenvalue weighted by Crippen LogP contribution is -2.56. The summed E-state index contributed by atoms with van der Waals surface area (Å²) in [4.78, 5) is 17.0. The van der Waals surface area contributed by atoms with E-state index in [1.54, 1.807) is 0 Å². The van der Waals surface area contributed by atoms with E-state index in [1.807, 2.05) is 35.2 Å². The van der Waals surface area contributed by atoms with Gasteiger partial charge < -0.3 is 9.64 Å². The Morgan fingerprint density at radius 3 is 2.44 bits per heavy atom. The van der Waals surface area contributed by atoms with Crippen molar-refractivity contribution in [1.82, 2.24) is 9.80 Å². The molecule has 4 heteroatoms. The van der Waals surface area contributed by atoms with Crippen molar-refractivity contribution in [1.29, 1.82) is 0 Å². The first-order valence-corrected chi connectivity index (χ1v) is 10.1. The van der Waals surface area contributed by atoms with E-state index in [-0.39, 0.29) is 12.0 Å². The van der Waals surface area contributed by atoms with E-state index in [0.29, 0.717) is 13.1 Å². The number of carbonyl (C=O) groups excluding carboxylic acids is 1. The Bertz CT molecular complexity index is 775. The largest absolute Gasteiger partial charge is 0.486 e. The van der Waals surface area contributed by atoms with Crippen LogP contribution in [0.2, 0.25) is 0 Å². The number of hydrogen-bond acceptors (Lipinski definition) is 3. The molecule has 0 unspecified atom stereocenters. The quantitative estimate of drug-likeness (QED) is 0.783. The normalized spacial score (nSPS) is 17.7. The van der Waals surface area contributed by atoms with Gasteiger partial charge in [0.2, 0.25) is 0 Å². The number of hydrogen-bond donors (Lipinski definition) is 0. The van der Waals surface area contributed by atoms with Crippen LogP contribution in [-0.2, 0) is 13.0 Å². The molecule has 0 saturated carbocycles. The van der Waals surface area contributed by atoms with E-state index < -0.39 is 0 Å². The maximum atomic E-state index is 12.7. The molecule has 0 bridgehead atoms. The summed E-state index contributed by atoms with van der Waals surface area (Å²) in [6.07, 6.45) is 3.65. The average molecular weight is 364 g/mol. The molecular weight excluding hydrogens is 336 g/mol. The molecule has 1 amide bonds. The third-order valence-electron chi connectivity index (χ3n) is 5.59. The second-order valence-corrected chi connectivity index (χ2v) is 7.59. The topological polar surface area (TPSA) is 32.8 Å². The van der Waals surface area contributed by atoms with Gasteiger partial charge >= 0.3 is 0 Å². The molecule has 0 N–H and O–H groups in total. The molecule has 4 nitrogen and oxygen atoms in total. The molecule has 0 aromatic heterocycles. The number of likely N-dealkylation sites (tertiary alicyclic amines) is 2. The van der Waals surface area contributed by atoms with Gasteiger partial charge in [0, 0.05) is 12.1 Å². The maximum Gasteiger partial charge on any atom is 0.254 e. The van der Waals surface area contributed by atoms with Crippen molar-refractivity contribution in [2.24, 2.45) is 0 Å². The van der Waals surface area contributed by atoms with Gasteiger partial charge in [0.25, 0.3) is 5.91 Å². The Balaban J connectivity index is 1.29. The molecule has 142 valence electrons. The first-order valence-electron chi connectivity index (χ1n) is 10.1. The number of rotatable bonds is 6. The van der Waals surface area contributed by atoms with Crippen molar-refractivity contribution in [3.05, 3.63) is 65.2 Å². The monoisotopic (exact) mass is 364 g/mol. The molecule has 4 rings (SSSR count). The zero-order chi connectivity index (χ0) is 18.6. The lowest BCUT2D eigenvalue weighted by atomic mass is 10.1. The predicted molar refractivity (Wildman–Crippen MR) is 107 cm³/mol. The second-order valence-electron chi connectivity index (χ2n) is 7.59. The minimum absolute atomic E-state index is 0.0936. The van der Waals surface area contributed by atoms with Crippen LogP contribution >= 0.6 is 0 Å². The molecule has 0 radical (unpaired) electrons. The zero-order valence-corrected chi connectivity index (χ0v) is 16.1. The third-order valence-corrected chi connectivity index (χ3v) is 5.59. The lowest BCUT2D eigenvalue weighted by Gasteiger charge is -2.39. The van der Waals surface area contributed by atoms with Crippen molar-refractivity contribution in [2.45, 2.75) is 38.8 Å². The highest BCUT2D eigenvalue weighted by molar-refractivity contribution is 5.94. The van der Waals surface area contributed by atoms with Crippen molar-refractivity contribution < 1.29 is 9.53 Å². The Hall–Kier alpha value is -2.33. The van der Waals surface area contributed by atoms with Crippen LogP contribution in [-0.4, -0.2) is 48.0 Å². The van der Waals surface area contributed by atoms with Crippen LogP contribution in [0, 0.1) is 0 Å². The minimum Gasteiger partial charge on any atom is -0.486 e. The summed E-state index contributed by atoms with van der Waals surface area (Å²) in [5.74, 6) is 1.05. The van der Waals surface area contributed by atoms with Crippen LogP contribution < -0.4 is 4.74 Å². The fourth-order valence-corrected chi connectivity index (χ4v) is 3.90. The first-order chi connectivity index (χ1) is 13.2. The van der Waals surface area contributed by atoms with Gasteiger partial charge in [-0.25, -0.2) is 0 Å². The number of carbonyl (C=O) groups is 1. The maximum absolute atomic E-state index is 12.7. The van der Waals surface area contributed by atoms with E-state index in [9.17, 15) is 4.79 Å². The Kier molecular flexibility index (Phi) is 5.44. The Morgan fingerprint density at radius 1 is 1.04 bits per heavy atom. The highest BCUT2D eigenvalue weighted by Gasteiger charge is 2.33. The number of para-hydroxylation sites is 1. The van der Waals surface area contributed by atoms with Crippen LogP contribution in [0.3, 0.4) is 0 Å². The number of amides is 1. The molecule has 2 fully saturated rings.